The molecule has 0 saturated heterocycles. The van der Waals surface area contributed by atoms with Crippen molar-refractivity contribution in [2.75, 3.05) is 0 Å². The Kier molecular flexibility index (Phi) is 5.19. The van der Waals surface area contributed by atoms with Gasteiger partial charge in [-0.25, -0.2) is 0 Å². The third-order valence-electron chi connectivity index (χ3n) is 3.99. The van der Waals surface area contributed by atoms with Crippen molar-refractivity contribution < 1.29 is 9.90 Å². The molecule has 128 valence electrons. The highest BCUT2D eigenvalue weighted by molar-refractivity contribution is 7.99. The van der Waals surface area contributed by atoms with Gasteiger partial charge in [0.1, 0.15) is 0 Å². The summed E-state index contributed by atoms with van der Waals surface area (Å²) in [4.78, 5) is 12.2. The van der Waals surface area contributed by atoms with Gasteiger partial charge in [0.15, 0.2) is 5.69 Å². The first-order valence-electron chi connectivity index (χ1n) is 7.95. The predicted octanol–water partition coefficient (Wildman–Crippen LogP) is 4.82. The van der Waals surface area contributed by atoms with Crippen LogP contribution in [-0.4, -0.2) is 20.8 Å². The number of aromatic nitrogens is 1. The molecular formula is C19H19N3O2S. The van der Waals surface area contributed by atoms with Crippen LogP contribution in [0.3, 0.4) is 0 Å². The Morgan fingerprint density at radius 2 is 1.84 bits per heavy atom. The molecule has 2 aromatic carbocycles. The molecule has 0 spiro atoms. The van der Waals surface area contributed by atoms with Gasteiger partial charge < -0.3 is 9.67 Å². The van der Waals surface area contributed by atoms with Crippen LogP contribution in [0.4, 0.5) is 5.69 Å². The molecule has 0 saturated carbocycles. The normalized spacial score (nSPS) is 12.7. The Hall–Kier alpha value is -2.60. The van der Waals surface area contributed by atoms with Crippen LogP contribution in [0.1, 0.15) is 12.5 Å². The fourth-order valence-corrected chi connectivity index (χ4v) is 3.33. The van der Waals surface area contributed by atoms with Crippen molar-refractivity contribution in [3.8, 4) is 5.88 Å². The monoisotopic (exact) mass is 353 g/mol. The standard InChI is InChI=1S/C19H19N3O2S/c1-13(25-12-14-8-4-3-5-9-14)18(23)21-20-17-15-10-6-7-11-16(15)22(2)19(17)24/h3-11,13,24H,12H2,1-2H3/t13-/m1/s1. The van der Waals surface area contributed by atoms with Gasteiger partial charge in [0.2, 0.25) is 5.88 Å². The minimum atomic E-state index is -0.312. The number of rotatable bonds is 5. The lowest BCUT2D eigenvalue weighted by Gasteiger charge is -2.06. The number of aryl methyl sites for hydroxylation is 1. The average molecular weight is 353 g/mol. The zero-order chi connectivity index (χ0) is 17.8. The molecule has 3 aromatic rings. The number of azo groups is 1. The fourth-order valence-electron chi connectivity index (χ4n) is 2.51. The van der Waals surface area contributed by atoms with Crippen LogP contribution in [-0.2, 0) is 17.6 Å². The molecule has 25 heavy (non-hydrogen) atoms. The second-order valence-electron chi connectivity index (χ2n) is 5.73. The Balaban J connectivity index is 1.71. The van der Waals surface area contributed by atoms with Gasteiger partial charge >= 0.3 is 0 Å². The van der Waals surface area contributed by atoms with Crippen molar-refractivity contribution in [3.05, 3.63) is 60.2 Å². The topological polar surface area (TPSA) is 66.9 Å². The van der Waals surface area contributed by atoms with Crippen LogP contribution in [0, 0.1) is 0 Å². The molecule has 0 aliphatic heterocycles. The van der Waals surface area contributed by atoms with E-state index in [2.05, 4.69) is 10.2 Å². The molecule has 5 nitrogen and oxygen atoms in total. The molecule has 1 amide bonds. The van der Waals surface area contributed by atoms with Gasteiger partial charge in [0.05, 0.1) is 10.8 Å². The highest BCUT2D eigenvalue weighted by atomic mass is 32.2. The number of amides is 1. The van der Waals surface area contributed by atoms with Crippen LogP contribution >= 0.6 is 11.8 Å². The summed E-state index contributed by atoms with van der Waals surface area (Å²) < 4.78 is 1.63. The van der Waals surface area contributed by atoms with E-state index in [0.717, 1.165) is 22.2 Å². The largest absolute Gasteiger partial charge is 0.493 e. The molecule has 0 bridgehead atoms. The minimum Gasteiger partial charge on any atom is -0.493 e. The van der Waals surface area contributed by atoms with Crippen molar-refractivity contribution in [2.45, 2.75) is 17.9 Å². The Morgan fingerprint density at radius 1 is 1.16 bits per heavy atom. The molecule has 1 aromatic heterocycles. The summed E-state index contributed by atoms with van der Waals surface area (Å²) in [6.45, 7) is 1.82. The first-order valence-corrected chi connectivity index (χ1v) is 9.00. The summed E-state index contributed by atoms with van der Waals surface area (Å²) in [5.74, 6) is 0.429. The number of para-hydroxylation sites is 1. The van der Waals surface area contributed by atoms with Crippen LogP contribution < -0.4 is 0 Å². The third kappa shape index (κ3) is 3.74. The van der Waals surface area contributed by atoms with Gasteiger partial charge in [0, 0.05) is 18.2 Å². The van der Waals surface area contributed by atoms with E-state index in [1.165, 1.54) is 11.8 Å². The number of hydrogen-bond acceptors (Lipinski definition) is 4. The maximum atomic E-state index is 12.2. The minimum absolute atomic E-state index is 0.00217. The molecule has 0 aliphatic rings. The van der Waals surface area contributed by atoms with Gasteiger partial charge in [-0.15, -0.1) is 22.0 Å². The van der Waals surface area contributed by atoms with Gasteiger partial charge in [-0.05, 0) is 18.6 Å². The van der Waals surface area contributed by atoms with E-state index < -0.39 is 0 Å². The Morgan fingerprint density at radius 3 is 2.60 bits per heavy atom. The Bertz CT molecular complexity index is 919. The van der Waals surface area contributed by atoms with E-state index in [0.29, 0.717) is 5.69 Å². The number of carbonyl (C=O) groups is 1. The van der Waals surface area contributed by atoms with E-state index in [1.54, 1.807) is 11.6 Å². The van der Waals surface area contributed by atoms with E-state index in [9.17, 15) is 9.90 Å². The lowest BCUT2D eigenvalue weighted by Crippen LogP contribution is -2.09. The average Bonchev–Trinajstić information content (AvgIpc) is 2.89. The van der Waals surface area contributed by atoms with Gasteiger partial charge in [-0.1, -0.05) is 48.5 Å². The quantitative estimate of drug-likeness (QED) is 0.669. The van der Waals surface area contributed by atoms with Gasteiger partial charge in [-0.3, -0.25) is 4.79 Å². The number of carbonyl (C=O) groups excluding carboxylic acids is 1. The molecule has 1 N–H and O–H groups in total. The van der Waals surface area contributed by atoms with Crippen LogP contribution in [0.15, 0.2) is 64.8 Å². The number of benzene rings is 2. The zero-order valence-electron chi connectivity index (χ0n) is 14.1. The van der Waals surface area contributed by atoms with Gasteiger partial charge in [0.25, 0.3) is 5.91 Å². The second-order valence-corrected chi connectivity index (χ2v) is 7.05. The summed E-state index contributed by atoms with van der Waals surface area (Å²) in [6, 6.07) is 17.5. The van der Waals surface area contributed by atoms with Gasteiger partial charge in [-0.2, -0.15) is 0 Å². The summed E-state index contributed by atoms with van der Waals surface area (Å²) in [7, 11) is 1.75. The predicted molar refractivity (Wildman–Crippen MR) is 101 cm³/mol. The molecule has 0 aliphatic carbocycles. The Labute approximate surface area is 150 Å². The van der Waals surface area contributed by atoms with Crippen molar-refractivity contribution in [1.29, 1.82) is 0 Å². The lowest BCUT2D eigenvalue weighted by molar-refractivity contribution is -0.117. The SMILES string of the molecule is C[C@@H](SCc1ccccc1)C(=O)N=Nc1c(O)n(C)c2ccccc12. The van der Waals surface area contributed by atoms with Crippen molar-refractivity contribution >= 4 is 34.3 Å². The second kappa shape index (κ2) is 7.53. The molecule has 0 unspecified atom stereocenters. The van der Waals surface area contributed by atoms with Crippen molar-refractivity contribution in [1.82, 2.24) is 4.57 Å². The smallest absolute Gasteiger partial charge is 0.277 e. The molecule has 0 fully saturated rings. The van der Waals surface area contributed by atoms with Crippen molar-refractivity contribution in [3.63, 3.8) is 0 Å². The van der Waals surface area contributed by atoms with E-state index >= 15 is 0 Å². The fraction of sp³-hybridized carbons (Fsp3) is 0.211. The molecule has 0 radical (unpaired) electrons. The van der Waals surface area contributed by atoms with Crippen LogP contribution in [0.2, 0.25) is 0 Å². The summed E-state index contributed by atoms with van der Waals surface area (Å²) >= 11 is 1.51. The summed E-state index contributed by atoms with van der Waals surface area (Å²) in [6.07, 6.45) is 0. The number of fused-ring (bicyclic) bond motifs is 1. The van der Waals surface area contributed by atoms with E-state index in [-0.39, 0.29) is 17.0 Å². The van der Waals surface area contributed by atoms with E-state index in [1.807, 2.05) is 61.5 Å². The molecule has 1 atom stereocenters. The molecular weight excluding hydrogens is 334 g/mol. The highest BCUT2D eigenvalue weighted by Crippen LogP contribution is 2.37. The number of thioether (sulfide) groups is 1. The maximum absolute atomic E-state index is 12.2. The number of nitrogens with zero attached hydrogens (tertiary/aromatic N) is 3. The summed E-state index contributed by atoms with van der Waals surface area (Å²) in [5.41, 5.74) is 2.33. The first-order chi connectivity index (χ1) is 12.1. The van der Waals surface area contributed by atoms with Crippen LogP contribution in [0.5, 0.6) is 5.88 Å². The van der Waals surface area contributed by atoms with E-state index in [4.69, 9.17) is 0 Å². The molecule has 1 heterocycles. The number of hydrogen-bond donors (Lipinski definition) is 1. The third-order valence-corrected chi connectivity index (χ3v) is 5.19. The zero-order valence-corrected chi connectivity index (χ0v) is 14.9. The molecule has 3 rings (SSSR count). The molecule has 6 heteroatoms. The summed E-state index contributed by atoms with van der Waals surface area (Å²) in [5, 5.41) is 18.5. The lowest BCUT2D eigenvalue weighted by atomic mass is 10.2. The maximum Gasteiger partial charge on any atom is 0.277 e. The first kappa shape index (κ1) is 17.2. The highest BCUT2D eigenvalue weighted by Gasteiger charge is 2.16. The van der Waals surface area contributed by atoms with Crippen LogP contribution in [0.25, 0.3) is 10.9 Å². The number of aromatic hydroxyl groups is 1. The van der Waals surface area contributed by atoms with Crippen molar-refractivity contribution in [2.24, 2.45) is 17.3 Å².